The van der Waals surface area contributed by atoms with Gasteiger partial charge in [0.05, 0.1) is 7.11 Å². The summed E-state index contributed by atoms with van der Waals surface area (Å²) < 4.78 is 7.22. The van der Waals surface area contributed by atoms with Crippen LogP contribution >= 0.6 is 0 Å². The van der Waals surface area contributed by atoms with Crippen molar-refractivity contribution >= 4 is 10.8 Å². The third-order valence-corrected chi connectivity index (χ3v) is 4.18. The van der Waals surface area contributed by atoms with Gasteiger partial charge in [-0.25, -0.2) is 0 Å². The first-order chi connectivity index (χ1) is 11.5. The second-order valence-corrected chi connectivity index (χ2v) is 6.27. The van der Waals surface area contributed by atoms with Gasteiger partial charge in [0.1, 0.15) is 5.75 Å². The Balaban J connectivity index is 2.21. The van der Waals surface area contributed by atoms with E-state index in [9.17, 15) is 4.79 Å². The Morgan fingerprint density at radius 1 is 1.08 bits per heavy atom. The molecule has 24 heavy (non-hydrogen) atoms. The van der Waals surface area contributed by atoms with Crippen LogP contribution in [0.2, 0.25) is 0 Å². The molecule has 0 bridgehead atoms. The minimum Gasteiger partial charge on any atom is -0.496 e. The summed E-state index contributed by atoms with van der Waals surface area (Å²) in [6.07, 6.45) is 1.89. The Hall–Kier alpha value is -2.59. The molecule has 0 unspecified atom stereocenters. The van der Waals surface area contributed by atoms with Crippen molar-refractivity contribution in [2.75, 3.05) is 21.2 Å². The van der Waals surface area contributed by atoms with Crippen LogP contribution in [0.3, 0.4) is 0 Å². The lowest BCUT2D eigenvalue weighted by atomic mass is 9.99. The average molecular weight is 322 g/mol. The molecule has 3 rings (SSSR count). The summed E-state index contributed by atoms with van der Waals surface area (Å²) in [4.78, 5) is 14.5. The third-order valence-electron chi connectivity index (χ3n) is 4.18. The number of hydrogen-bond acceptors (Lipinski definition) is 3. The van der Waals surface area contributed by atoms with Crippen LogP contribution in [0.25, 0.3) is 21.9 Å². The van der Waals surface area contributed by atoms with Crippen molar-refractivity contribution in [2.24, 2.45) is 7.05 Å². The molecule has 0 saturated heterocycles. The summed E-state index contributed by atoms with van der Waals surface area (Å²) in [5, 5.41) is 1.69. The van der Waals surface area contributed by atoms with Crippen molar-refractivity contribution in [3.8, 4) is 16.9 Å². The molecule has 0 aliphatic rings. The van der Waals surface area contributed by atoms with Gasteiger partial charge in [-0.2, -0.15) is 0 Å². The van der Waals surface area contributed by atoms with Gasteiger partial charge in [0, 0.05) is 36.3 Å². The number of ether oxygens (including phenoxy) is 1. The summed E-state index contributed by atoms with van der Waals surface area (Å²) in [6, 6.07) is 14.0. The van der Waals surface area contributed by atoms with Crippen molar-refractivity contribution in [3.05, 3.63) is 64.6 Å². The fourth-order valence-corrected chi connectivity index (χ4v) is 3.03. The number of aromatic nitrogens is 1. The maximum Gasteiger partial charge on any atom is 0.258 e. The number of benzene rings is 2. The zero-order valence-electron chi connectivity index (χ0n) is 14.5. The summed E-state index contributed by atoms with van der Waals surface area (Å²) >= 11 is 0. The molecule has 1 heterocycles. The minimum absolute atomic E-state index is 0.0190. The van der Waals surface area contributed by atoms with Gasteiger partial charge in [0.25, 0.3) is 5.56 Å². The Bertz CT molecular complexity index is 942. The van der Waals surface area contributed by atoms with E-state index in [1.807, 2.05) is 50.6 Å². The van der Waals surface area contributed by atoms with E-state index in [2.05, 4.69) is 17.0 Å². The molecule has 2 aromatic carbocycles. The number of nitrogens with zero attached hydrogens (tertiary/aromatic N) is 2. The molecule has 0 spiro atoms. The molecule has 0 aliphatic carbocycles. The molecular formula is C20H22N2O2. The van der Waals surface area contributed by atoms with E-state index in [1.165, 1.54) is 0 Å². The first-order valence-corrected chi connectivity index (χ1v) is 7.91. The average Bonchev–Trinajstić information content (AvgIpc) is 2.58. The number of hydrogen-bond donors (Lipinski definition) is 0. The van der Waals surface area contributed by atoms with Crippen LogP contribution in [0.1, 0.15) is 5.56 Å². The fourth-order valence-electron chi connectivity index (χ4n) is 3.03. The van der Waals surface area contributed by atoms with Crippen LogP contribution in [0, 0.1) is 0 Å². The van der Waals surface area contributed by atoms with Crippen LogP contribution in [0.15, 0.2) is 53.5 Å². The highest BCUT2D eigenvalue weighted by atomic mass is 16.5. The number of fused-ring (bicyclic) bond motifs is 1. The lowest BCUT2D eigenvalue weighted by Crippen LogP contribution is -2.16. The third kappa shape index (κ3) is 2.93. The first kappa shape index (κ1) is 16.3. The molecular weight excluding hydrogens is 300 g/mol. The maximum absolute atomic E-state index is 12.3. The Labute approximate surface area is 141 Å². The van der Waals surface area contributed by atoms with Crippen molar-refractivity contribution in [1.82, 2.24) is 9.47 Å². The lowest BCUT2D eigenvalue weighted by Gasteiger charge is -2.16. The second kappa shape index (κ2) is 6.49. The van der Waals surface area contributed by atoms with E-state index in [0.717, 1.165) is 39.8 Å². The van der Waals surface area contributed by atoms with E-state index >= 15 is 0 Å². The molecule has 4 heteroatoms. The summed E-state index contributed by atoms with van der Waals surface area (Å²) in [7, 11) is 7.55. The highest BCUT2D eigenvalue weighted by Crippen LogP contribution is 2.31. The predicted molar refractivity (Wildman–Crippen MR) is 98.6 cm³/mol. The van der Waals surface area contributed by atoms with E-state index in [0.29, 0.717) is 0 Å². The van der Waals surface area contributed by atoms with Gasteiger partial charge in [0.15, 0.2) is 0 Å². The monoisotopic (exact) mass is 322 g/mol. The van der Waals surface area contributed by atoms with E-state index in [-0.39, 0.29) is 5.56 Å². The first-order valence-electron chi connectivity index (χ1n) is 7.91. The van der Waals surface area contributed by atoms with Gasteiger partial charge in [-0.15, -0.1) is 0 Å². The second-order valence-electron chi connectivity index (χ2n) is 6.27. The normalized spacial score (nSPS) is 11.2. The van der Waals surface area contributed by atoms with Crippen LogP contribution in [0.5, 0.6) is 5.75 Å². The zero-order chi connectivity index (χ0) is 17.3. The van der Waals surface area contributed by atoms with Gasteiger partial charge in [-0.1, -0.05) is 30.3 Å². The smallest absolute Gasteiger partial charge is 0.258 e. The molecule has 1 aromatic heterocycles. The Morgan fingerprint density at radius 3 is 2.46 bits per heavy atom. The zero-order valence-corrected chi connectivity index (χ0v) is 14.5. The Morgan fingerprint density at radius 2 is 1.79 bits per heavy atom. The van der Waals surface area contributed by atoms with E-state index in [1.54, 1.807) is 18.7 Å². The predicted octanol–water partition coefficient (Wildman–Crippen LogP) is 3.28. The SMILES string of the molecule is COc1cc(-c2cn(C)c(=O)c3ccccc23)ccc1CN(C)C. The van der Waals surface area contributed by atoms with Crippen LogP contribution < -0.4 is 10.3 Å². The van der Waals surface area contributed by atoms with Gasteiger partial charge < -0.3 is 14.2 Å². The molecule has 0 amide bonds. The van der Waals surface area contributed by atoms with Crippen LogP contribution in [0.4, 0.5) is 0 Å². The van der Waals surface area contributed by atoms with E-state index in [4.69, 9.17) is 4.74 Å². The van der Waals surface area contributed by atoms with Crippen molar-refractivity contribution in [3.63, 3.8) is 0 Å². The minimum atomic E-state index is 0.0190. The number of aryl methyl sites for hydroxylation is 1. The molecule has 0 fully saturated rings. The number of pyridine rings is 1. The molecule has 0 aliphatic heterocycles. The van der Waals surface area contributed by atoms with Gasteiger partial charge in [-0.3, -0.25) is 4.79 Å². The fraction of sp³-hybridized carbons (Fsp3) is 0.250. The quantitative estimate of drug-likeness (QED) is 0.739. The highest BCUT2D eigenvalue weighted by molar-refractivity contribution is 5.96. The molecule has 3 aromatic rings. The summed E-state index contributed by atoms with van der Waals surface area (Å²) in [6.45, 7) is 0.817. The molecule has 0 saturated carbocycles. The summed E-state index contributed by atoms with van der Waals surface area (Å²) in [5.41, 5.74) is 3.23. The standard InChI is InChI=1S/C20H22N2O2/c1-21(2)12-15-10-9-14(11-19(15)24-4)18-13-22(3)20(23)17-8-6-5-7-16(17)18/h5-11,13H,12H2,1-4H3. The number of methoxy groups -OCH3 is 1. The lowest BCUT2D eigenvalue weighted by molar-refractivity contribution is 0.372. The van der Waals surface area contributed by atoms with Crippen molar-refractivity contribution in [2.45, 2.75) is 6.54 Å². The van der Waals surface area contributed by atoms with Crippen molar-refractivity contribution < 1.29 is 4.74 Å². The molecule has 0 radical (unpaired) electrons. The van der Waals surface area contributed by atoms with E-state index < -0.39 is 0 Å². The van der Waals surface area contributed by atoms with Crippen molar-refractivity contribution in [1.29, 1.82) is 0 Å². The number of rotatable bonds is 4. The van der Waals surface area contributed by atoms with Gasteiger partial charge in [-0.05, 0) is 37.2 Å². The van der Waals surface area contributed by atoms with Crippen LogP contribution in [-0.4, -0.2) is 30.7 Å². The largest absolute Gasteiger partial charge is 0.496 e. The van der Waals surface area contributed by atoms with Crippen LogP contribution in [-0.2, 0) is 13.6 Å². The maximum atomic E-state index is 12.3. The molecule has 0 atom stereocenters. The molecule has 0 N–H and O–H groups in total. The van der Waals surface area contributed by atoms with Gasteiger partial charge in [0.2, 0.25) is 0 Å². The highest BCUT2D eigenvalue weighted by Gasteiger charge is 2.11. The summed E-state index contributed by atoms with van der Waals surface area (Å²) in [5.74, 6) is 0.860. The molecule has 124 valence electrons. The molecule has 4 nitrogen and oxygen atoms in total. The Kier molecular flexibility index (Phi) is 4.40. The van der Waals surface area contributed by atoms with Gasteiger partial charge >= 0.3 is 0 Å². The topological polar surface area (TPSA) is 34.5 Å².